The minimum absolute atomic E-state index is 0.0828. The molecule has 1 aliphatic heterocycles. The van der Waals surface area contributed by atoms with Crippen LogP contribution in [0.25, 0.3) is 0 Å². The Labute approximate surface area is 105 Å². The zero-order valence-corrected chi connectivity index (χ0v) is 9.76. The largest absolute Gasteiger partial charge is 0.573 e. The van der Waals surface area contributed by atoms with E-state index >= 15 is 0 Å². The maximum absolute atomic E-state index is 12.0. The van der Waals surface area contributed by atoms with E-state index in [1.165, 1.54) is 31.4 Å². The Bertz CT molecular complexity index is 486. The summed E-state index contributed by atoms with van der Waals surface area (Å²) in [7, 11) is 1.45. The Balaban J connectivity index is 2.22. The summed E-state index contributed by atoms with van der Waals surface area (Å²) in [5, 5.41) is 14.5. The Morgan fingerprint density at radius 2 is 1.68 bits per heavy atom. The molecule has 102 valence electrons. The minimum atomic E-state index is -4.72. The number of methoxy groups -OCH3 is 1. The molecule has 0 amide bonds. The van der Waals surface area contributed by atoms with E-state index in [0.29, 0.717) is 5.56 Å². The van der Waals surface area contributed by atoms with Gasteiger partial charge in [0.2, 0.25) is 5.66 Å². The Morgan fingerprint density at radius 1 is 1.11 bits per heavy atom. The molecule has 0 fully saturated rings. The molecule has 0 N–H and O–H groups in total. The number of rotatable bonds is 4. The third kappa shape index (κ3) is 3.05. The van der Waals surface area contributed by atoms with E-state index in [4.69, 9.17) is 4.74 Å². The van der Waals surface area contributed by atoms with Crippen molar-refractivity contribution < 1.29 is 22.6 Å². The monoisotopic (exact) mass is 274 g/mol. The van der Waals surface area contributed by atoms with Crippen LogP contribution in [0.5, 0.6) is 5.75 Å². The van der Waals surface area contributed by atoms with Gasteiger partial charge >= 0.3 is 6.36 Å². The van der Waals surface area contributed by atoms with Crippen molar-refractivity contribution in [2.45, 2.75) is 12.0 Å². The van der Waals surface area contributed by atoms with Gasteiger partial charge in [-0.3, -0.25) is 0 Å². The number of nitrogens with zero attached hydrogens (tertiary/aromatic N) is 4. The molecule has 1 heterocycles. The molecule has 9 heteroatoms. The van der Waals surface area contributed by atoms with Gasteiger partial charge < -0.3 is 9.47 Å². The third-order valence-electron chi connectivity index (χ3n) is 2.36. The van der Waals surface area contributed by atoms with Gasteiger partial charge in [0.1, 0.15) is 5.75 Å². The van der Waals surface area contributed by atoms with Crippen molar-refractivity contribution in [2.24, 2.45) is 20.7 Å². The van der Waals surface area contributed by atoms with E-state index in [1.807, 2.05) is 0 Å². The lowest BCUT2D eigenvalue weighted by molar-refractivity contribution is -0.274. The highest BCUT2D eigenvalue weighted by Crippen LogP contribution is 2.34. The van der Waals surface area contributed by atoms with Gasteiger partial charge in [-0.15, -0.1) is 23.4 Å². The van der Waals surface area contributed by atoms with Crippen molar-refractivity contribution >= 4 is 0 Å². The molecule has 0 saturated carbocycles. The second kappa shape index (κ2) is 4.92. The van der Waals surface area contributed by atoms with Crippen molar-refractivity contribution in [1.82, 2.24) is 0 Å². The molecule has 0 aliphatic carbocycles. The average Bonchev–Trinajstić information content (AvgIpc) is 2.78. The molecule has 0 radical (unpaired) electrons. The van der Waals surface area contributed by atoms with Gasteiger partial charge in [-0.1, -0.05) is 12.1 Å². The maximum Gasteiger partial charge on any atom is 0.573 e. The molecule has 0 aromatic heterocycles. The van der Waals surface area contributed by atoms with E-state index in [2.05, 4.69) is 25.4 Å². The standard InChI is InChI=1S/C10H9F3N4O2/c1-18-6-9(14-16-17-15-9)7-2-4-8(5-3-7)19-10(11,12)13/h2-5H,6H2,1H3. The summed E-state index contributed by atoms with van der Waals surface area (Å²) >= 11 is 0. The molecular weight excluding hydrogens is 265 g/mol. The molecule has 6 nitrogen and oxygen atoms in total. The van der Waals surface area contributed by atoms with E-state index in [9.17, 15) is 13.2 Å². The zero-order chi connectivity index (χ0) is 13.9. The van der Waals surface area contributed by atoms with Crippen LogP contribution in [0.1, 0.15) is 5.56 Å². The Morgan fingerprint density at radius 3 is 2.16 bits per heavy atom. The first kappa shape index (κ1) is 13.4. The van der Waals surface area contributed by atoms with Crippen molar-refractivity contribution in [3.8, 4) is 5.75 Å². The second-order valence-corrected chi connectivity index (χ2v) is 3.70. The number of hydrogen-bond acceptors (Lipinski definition) is 6. The molecule has 0 unspecified atom stereocenters. The van der Waals surface area contributed by atoms with Crippen LogP contribution in [0.2, 0.25) is 0 Å². The number of alkyl halides is 3. The summed E-state index contributed by atoms with van der Waals surface area (Å²) in [4.78, 5) is 0. The predicted molar refractivity (Wildman–Crippen MR) is 56.4 cm³/mol. The quantitative estimate of drug-likeness (QED) is 0.845. The Hall–Kier alpha value is -2.03. The van der Waals surface area contributed by atoms with Crippen molar-refractivity contribution in [2.75, 3.05) is 13.7 Å². The highest BCUT2D eigenvalue weighted by molar-refractivity contribution is 5.32. The van der Waals surface area contributed by atoms with Crippen LogP contribution in [0.3, 0.4) is 0 Å². The summed E-state index contributed by atoms with van der Waals surface area (Å²) < 4.78 is 44.8. The molecule has 1 aromatic carbocycles. The molecule has 19 heavy (non-hydrogen) atoms. The summed E-state index contributed by atoms with van der Waals surface area (Å²) in [6.45, 7) is 0.0828. The molecule has 1 aromatic rings. The van der Waals surface area contributed by atoms with Gasteiger partial charge in [0, 0.05) is 12.7 Å². The smallest absolute Gasteiger partial charge is 0.406 e. The van der Waals surface area contributed by atoms with Crippen molar-refractivity contribution in [1.29, 1.82) is 0 Å². The van der Waals surface area contributed by atoms with Gasteiger partial charge in [0.15, 0.2) is 0 Å². The SMILES string of the molecule is COCC1(c2ccc(OC(F)(F)F)cc2)N=NN=N1. The van der Waals surface area contributed by atoms with Crippen LogP contribution in [0, 0.1) is 0 Å². The van der Waals surface area contributed by atoms with Crippen molar-refractivity contribution in [3.63, 3.8) is 0 Å². The first-order chi connectivity index (χ1) is 8.95. The van der Waals surface area contributed by atoms with E-state index in [-0.39, 0.29) is 12.4 Å². The number of halogens is 3. The van der Waals surface area contributed by atoms with Gasteiger partial charge in [-0.2, -0.15) is 0 Å². The molecule has 0 saturated heterocycles. The fourth-order valence-corrected chi connectivity index (χ4v) is 1.59. The van der Waals surface area contributed by atoms with Gasteiger partial charge in [0.05, 0.1) is 6.61 Å². The average molecular weight is 274 g/mol. The van der Waals surface area contributed by atoms with E-state index in [0.717, 1.165) is 0 Å². The van der Waals surface area contributed by atoms with Crippen LogP contribution in [-0.2, 0) is 10.4 Å². The highest BCUT2D eigenvalue weighted by Gasteiger charge is 2.36. The van der Waals surface area contributed by atoms with Crippen LogP contribution in [0.15, 0.2) is 44.9 Å². The fraction of sp³-hybridized carbons (Fsp3) is 0.400. The summed E-state index contributed by atoms with van der Waals surface area (Å²) in [5.74, 6) is -0.323. The van der Waals surface area contributed by atoms with Crippen LogP contribution in [-0.4, -0.2) is 20.1 Å². The van der Waals surface area contributed by atoms with E-state index < -0.39 is 12.0 Å². The number of ether oxygens (including phenoxy) is 2. The predicted octanol–water partition coefficient (Wildman–Crippen LogP) is 3.22. The number of hydrogen-bond donors (Lipinski definition) is 0. The summed E-state index contributed by atoms with van der Waals surface area (Å²) in [5.41, 5.74) is -0.625. The van der Waals surface area contributed by atoms with E-state index in [1.54, 1.807) is 0 Å². The lowest BCUT2D eigenvalue weighted by Gasteiger charge is -2.19. The summed E-state index contributed by atoms with van der Waals surface area (Å²) in [6.07, 6.45) is -4.72. The molecular formula is C10H9F3N4O2. The molecule has 1 aliphatic rings. The molecule has 0 spiro atoms. The first-order valence-electron chi connectivity index (χ1n) is 5.14. The maximum atomic E-state index is 12.0. The van der Waals surface area contributed by atoms with Gasteiger partial charge in [0.25, 0.3) is 0 Å². The lowest BCUT2D eigenvalue weighted by Crippen LogP contribution is -2.25. The first-order valence-corrected chi connectivity index (χ1v) is 5.14. The fourth-order valence-electron chi connectivity index (χ4n) is 1.59. The normalized spacial score (nSPS) is 16.8. The molecule has 2 rings (SSSR count). The van der Waals surface area contributed by atoms with Gasteiger partial charge in [-0.05, 0) is 22.6 Å². The Kier molecular flexibility index (Phi) is 3.47. The minimum Gasteiger partial charge on any atom is -0.406 e. The van der Waals surface area contributed by atoms with Crippen LogP contribution >= 0.6 is 0 Å². The second-order valence-electron chi connectivity index (χ2n) is 3.70. The topological polar surface area (TPSA) is 67.9 Å². The molecule has 0 bridgehead atoms. The van der Waals surface area contributed by atoms with Crippen LogP contribution < -0.4 is 4.74 Å². The highest BCUT2D eigenvalue weighted by atomic mass is 19.4. The zero-order valence-electron chi connectivity index (χ0n) is 9.76. The summed E-state index contributed by atoms with van der Waals surface area (Å²) in [6, 6.07) is 5.15. The number of benzene rings is 1. The van der Waals surface area contributed by atoms with Gasteiger partial charge in [-0.25, -0.2) is 0 Å². The van der Waals surface area contributed by atoms with Crippen LogP contribution in [0.4, 0.5) is 13.2 Å². The molecule has 0 atom stereocenters. The van der Waals surface area contributed by atoms with Crippen molar-refractivity contribution in [3.05, 3.63) is 29.8 Å². The lowest BCUT2D eigenvalue weighted by atomic mass is 10.0. The third-order valence-corrected chi connectivity index (χ3v) is 2.36.